The Hall–Kier alpha value is -1.14. The zero-order valence-corrected chi connectivity index (χ0v) is 9.74. The van der Waals surface area contributed by atoms with Crippen LogP contribution >= 0.6 is 11.3 Å². The molecule has 92 valence electrons. The number of nitrogens with zero attached hydrogens (tertiary/aromatic N) is 1. The van der Waals surface area contributed by atoms with Crippen LogP contribution in [0.5, 0.6) is 0 Å². The van der Waals surface area contributed by atoms with Crippen LogP contribution in [0.4, 0.5) is 13.2 Å². The molecule has 0 spiro atoms. The lowest BCUT2D eigenvalue weighted by Crippen LogP contribution is -2.30. The summed E-state index contributed by atoms with van der Waals surface area (Å²) in [6.07, 6.45) is -3.62. The molecule has 0 fully saturated rings. The summed E-state index contributed by atoms with van der Waals surface area (Å²) in [5.74, 6) is 0. The van der Waals surface area contributed by atoms with E-state index < -0.39 is 12.7 Å². The Bertz CT molecular complexity index is 460. The number of halogens is 3. The van der Waals surface area contributed by atoms with E-state index in [0.29, 0.717) is 13.0 Å². The molecule has 0 saturated carbocycles. The molecule has 0 aliphatic carbocycles. The van der Waals surface area contributed by atoms with Crippen LogP contribution in [0.3, 0.4) is 0 Å². The van der Waals surface area contributed by atoms with Crippen molar-refractivity contribution in [1.82, 2.24) is 10.3 Å². The lowest BCUT2D eigenvalue weighted by Gasteiger charge is -2.06. The van der Waals surface area contributed by atoms with Crippen LogP contribution in [-0.4, -0.2) is 24.2 Å². The minimum Gasteiger partial charge on any atom is -0.308 e. The van der Waals surface area contributed by atoms with Gasteiger partial charge in [0.05, 0.1) is 21.8 Å². The molecule has 6 heteroatoms. The van der Waals surface area contributed by atoms with Gasteiger partial charge in [0.15, 0.2) is 0 Å². The van der Waals surface area contributed by atoms with Crippen LogP contribution < -0.4 is 5.32 Å². The van der Waals surface area contributed by atoms with Crippen molar-refractivity contribution >= 4 is 21.6 Å². The van der Waals surface area contributed by atoms with Crippen molar-refractivity contribution in [3.8, 4) is 0 Å². The second-order valence-corrected chi connectivity index (χ2v) is 4.73. The lowest BCUT2D eigenvalue weighted by molar-refractivity contribution is -0.124. The van der Waals surface area contributed by atoms with Gasteiger partial charge in [-0.15, -0.1) is 11.3 Å². The van der Waals surface area contributed by atoms with E-state index in [-0.39, 0.29) is 0 Å². The van der Waals surface area contributed by atoms with E-state index in [1.165, 1.54) is 11.3 Å². The molecule has 1 N–H and O–H groups in total. The topological polar surface area (TPSA) is 24.9 Å². The predicted molar refractivity (Wildman–Crippen MR) is 62.2 cm³/mol. The van der Waals surface area contributed by atoms with Gasteiger partial charge < -0.3 is 5.32 Å². The number of benzene rings is 1. The number of rotatable bonds is 4. The monoisotopic (exact) mass is 260 g/mol. The Kier molecular flexibility index (Phi) is 3.63. The molecule has 0 atom stereocenters. The minimum atomic E-state index is -4.15. The van der Waals surface area contributed by atoms with Crippen molar-refractivity contribution in [3.05, 3.63) is 29.3 Å². The zero-order valence-electron chi connectivity index (χ0n) is 8.92. The van der Waals surface area contributed by atoms with Gasteiger partial charge >= 0.3 is 6.18 Å². The Morgan fingerprint density at radius 1 is 1.24 bits per heavy atom. The molecule has 1 aromatic carbocycles. The molecule has 1 aromatic heterocycles. The van der Waals surface area contributed by atoms with Crippen molar-refractivity contribution in [3.63, 3.8) is 0 Å². The summed E-state index contributed by atoms with van der Waals surface area (Å²) >= 11 is 1.52. The highest BCUT2D eigenvalue weighted by atomic mass is 32.1. The summed E-state index contributed by atoms with van der Waals surface area (Å²) in [6.45, 7) is -0.656. The van der Waals surface area contributed by atoms with E-state index in [9.17, 15) is 13.2 Å². The molecule has 1 heterocycles. The molecule has 2 aromatic rings. The smallest absolute Gasteiger partial charge is 0.308 e. The molecule has 0 bridgehead atoms. The number of hydrogen-bond acceptors (Lipinski definition) is 3. The van der Waals surface area contributed by atoms with Crippen LogP contribution in [0.25, 0.3) is 10.2 Å². The second-order valence-electron chi connectivity index (χ2n) is 3.62. The number of alkyl halides is 3. The summed E-state index contributed by atoms with van der Waals surface area (Å²) in [7, 11) is 0. The average molecular weight is 260 g/mol. The van der Waals surface area contributed by atoms with Gasteiger partial charge in [-0.25, -0.2) is 4.98 Å². The maximum absolute atomic E-state index is 11.9. The van der Waals surface area contributed by atoms with Gasteiger partial charge in [0.25, 0.3) is 0 Å². The van der Waals surface area contributed by atoms with E-state index in [1.807, 2.05) is 24.3 Å². The van der Waals surface area contributed by atoms with Crippen LogP contribution in [-0.2, 0) is 6.42 Å². The SMILES string of the molecule is FC(F)(F)CNCCc1nc2ccccc2s1. The largest absolute Gasteiger partial charge is 0.401 e. The second kappa shape index (κ2) is 5.01. The first-order chi connectivity index (χ1) is 8.04. The number of hydrogen-bond donors (Lipinski definition) is 1. The Morgan fingerprint density at radius 3 is 2.71 bits per heavy atom. The summed E-state index contributed by atoms with van der Waals surface area (Å²) < 4.78 is 36.7. The minimum absolute atomic E-state index is 0.291. The van der Waals surface area contributed by atoms with Gasteiger partial charge in [-0.05, 0) is 12.1 Å². The van der Waals surface area contributed by atoms with Gasteiger partial charge in [-0.2, -0.15) is 13.2 Å². The number of aromatic nitrogens is 1. The van der Waals surface area contributed by atoms with Crippen LogP contribution in [0, 0.1) is 0 Å². The molecule has 0 aliphatic heterocycles. The molecule has 0 aliphatic rings. The van der Waals surface area contributed by atoms with Crippen molar-refractivity contribution in [2.24, 2.45) is 0 Å². The van der Waals surface area contributed by atoms with E-state index in [0.717, 1.165) is 15.2 Å². The molecular formula is C11H11F3N2S. The quantitative estimate of drug-likeness (QED) is 0.855. The highest BCUT2D eigenvalue weighted by Crippen LogP contribution is 2.21. The summed E-state index contributed by atoms with van der Waals surface area (Å²) in [4.78, 5) is 4.34. The third-order valence-corrected chi connectivity index (χ3v) is 3.28. The van der Waals surface area contributed by atoms with Gasteiger partial charge in [0.2, 0.25) is 0 Å². The molecule has 17 heavy (non-hydrogen) atoms. The standard InChI is InChI=1S/C11H11F3N2S/c12-11(13,14)7-15-6-5-10-16-8-3-1-2-4-9(8)17-10/h1-4,15H,5-7H2. The van der Waals surface area contributed by atoms with Crippen molar-refractivity contribution in [2.75, 3.05) is 13.1 Å². The average Bonchev–Trinajstić information content (AvgIpc) is 2.65. The maximum atomic E-state index is 11.9. The molecule has 0 radical (unpaired) electrons. The first-order valence-corrected chi connectivity index (χ1v) is 5.98. The zero-order chi connectivity index (χ0) is 12.3. The molecule has 2 nitrogen and oxygen atoms in total. The fraction of sp³-hybridized carbons (Fsp3) is 0.364. The predicted octanol–water partition coefficient (Wildman–Crippen LogP) is 2.99. The summed E-state index contributed by atoms with van der Waals surface area (Å²) in [5.41, 5.74) is 0.906. The van der Waals surface area contributed by atoms with Gasteiger partial charge in [0.1, 0.15) is 0 Å². The Balaban J connectivity index is 1.87. The first kappa shape index (κ1) is 12.3. The van der Waals surface area contributed by atoms with Crippen LogP contribution in [0.1, 0.15) is 5.01 Å². The van der Waals surface area contributed by atoms with E-state index in [2.05, 4.69) is 10.3 Å². The molecule has 2 rings (SSSR count). The Morgan fingerprint density at radius 2 is 2.00 bits per heavy atom. The summed E-state index contributed by atoms with van der Waals surface area (Å²) in [5, 5.41) is 3.22. The van der Waals surface area contributed by atoms with E-state index in [4.69, 9.17) is 0 Å². The lowest BCUT2D eigenvalue weighted by atomic mass is 10.3. The highest BCUT2D eigenvalue weighted by molar-refractivity contribution is 7.18. The Labute approximate surface area is 100 Å². The normalized spacial score (nSPS) is 12.2. The van der Waals surface area contributed by atoms with Crippen molar-refractivity contribution < 1.29 is 13.2 Å². The maximum Gasteiger partial charge on any atom is 0.401 e. The van der Waals surface area contributed by atoms with Crippen LogP contribution in [0.2, 0.25) is 0 Å². The molecule has 0 unspecified atom stereocenters. The van der Waals surface area contributed by atoms with Crippen molar-refractivity contribution in [2.45, 2.75) is 12.6 Å². The molecular weight excluding hydrogens is 249 g/mol. The third-order valence-electron chi connectivity index (χ3n) is 2.18. The van der Waals surface area contributed by atoms with E-state index in [1.54, 1.807) is 0 Å². The summed E-state index contributed by atoms with van der Waals surface area (Å²) in [6, 6.07) is 7.68. The van der Waals surface area contributed by atoms with Gasteiger partial charge in [0, 0.05) is 13.0 Å². The number of nitrogens with one attached hydrogen (secondary N) is 1. The number of thiazole rings is 1. The van der Waals surface area contributed by atoms with Gasteiger partial charge in [-0.1, -0.05) is 12.1 Å². The van der Waals surface area contributed by atoms with Crippen LogP contribution in [0.15, 0.2) is 24.3 Å². The van der Waals surface area contributed by atoms with E-state index >= 15 is 0 Å². The highest BCUT2D eigenvalue weighted by Gasteiger charge is 2.25. The molecule has 0 amide bonds. The fourth-order valence-corrected chi connectivity index (χ4v) is 2.42. The molecule has 0 saturated heterocycles. The fourth-order valence-electron chi connectivity index (χ4n) is 1.45. The number of fused-ring (bicyclic) bond motifs is 1. The first-order valence-electron chi connectivity index (χ1n) is 5.16. The number of para-hydroxylation sites is 1. The van der Waals surface area contributed by atoms with Gasteiger partial charge in [-0.3, -0.25) is 0 Å². The van der Waals surface area contributed by atoms with Crippen molar-refractivity contribution in [1.29, 1.82) is 0 Å². The third kappa shape index (κ3) is 3.67.